The molecule has 0 bridgehead atoms. The fraction of sp³-hybridized carbons (Fsp3) is 0.471. The molecule has 2 atom stereocenters. The third-order valence-electron chi connectivity index (χ3n) is 4.36. The Morgan fingerprint density at radius 3 is 2.30 bits per heavy atom. The summed E-state index contributed by atoms with van der Waals surface area (Å²) in [6.45, 7) is 9.58. The van der Waals surface area contributed by atoms with Gasteiger partial charge in [0.15, 0.2) is 0 Å². The van der Waals surface area contributed by atoms with Gasteiger partial charge >= 0.3 is 6.09 Å². The van der Waals surface area contributed by atoms with Crippen LogP contribution < -0.4 is 0 Å². The molecule has 1 fully saturated rings. The SMILES string of the molecule is C=C[C@@H]1[C@@H](C(CC)CC)OC(=O)N1S(=O)(=O)c1ccc(C)cc1. The van der Waals surface area contributed by atoms with Crippen LogP contribution in [0.3, 0.4) is 0 Å². The first-order chi connectivity index (χ1) is 10.9. The van der Waals surface area contributed by atoms with Crippen LogP contribution in [0.4, 0.5) is 4.79 Å². The van der Waals surface area contributed by atoms with E-state index in [1.807, 2.05) is 20.8 Å². The summed E-state index contributed by atoms with van der Waals surface area (Å²) in [7, 11) is -3.96. The minimum Gasteiger partial charge on any atom is -0.442 e. The van der Waals surface area contributed by atoms with Crippen molar-refractivity contribution in [3.05, 3.63) is 42.5 Å². The molecule has 0 radical (unpaired) electrons. The minimum atomic E-state index is -3.96. The molecule has 1 aliphatic rings. The third-order valence-corrected chi connectivity index (χ3v) is 6.14. The predicted octanol–water partition coefficient (Wildman–Crippen LogP) is 3.50. The lowest BCUT2D eigenvalue weighted by molar-refractivity contribution is 0.0931. The van der Waals surface area contributed by atoms with Gasteiger partial charge in [-0.25, -0.2) is 13.2 Å². The predicted molar refractivity (Wildman–Crippen MR) is 88.5 cm³/mol. The number of rotatable bonds is 6. The molecule has 1 amide bonds. The molecule has 0 aromatic heterocycles. The highest BCUT2D eigenvalue weighted by atomic mass is 32.2. The number of hydrogen-bond acceptors (Lipinski definition) is 4. The minimum absolute atomic E-state index is 0.0806. The van der Waals surface area contributed by atoms with Crippen LogP contribution in [0.1, 0.15) is 32.3 Å². The Labute approximate surface area is 138 Å². The number of ether oxygens (including phenoxy) is 1. The van der Waals surface area contributed by atoms with Gasteiger partial charge in [0, 0.05) is 0 Å². The largest absolute Gasteiger partial charge is 0.442 e. The Kier molecular flexibility index (Phi) is 5.14. The van der Waals surface area contributed by atoms with Gasteiger partial charge in [-0.2, -0.15) is 4.31 Å². The second-order valence-electron chi connectivity index (χ2n) is 5.77. The second kappa shape index (κ2) is 6.74. The van der Waals surface area contributed by atoms with Crippen LogP contribution in [0, 0.1) is 12.8 Å². The second-order valence-corrected chi connectivity index (χ2v) is 7.58. The molecule has 1 aliphatic heterocycles. The van der Waals surface area contributed by atoms with Gasteiger partial charge in [-0.05, 0) is 37.8 Å². The van der Waals surface area contributed by atoms with Gasteiger partial charge in [0.1, 0.15) is 12.1 Å². The molecule has 5 nitrogen and oxygen atoms in total. The molecule has 1 aromatic rings. The molecule has 0 saturated carbocycles. The summed E-state index contributed by atoms with van der Waals surface area (Å²) in [5.74, 6) is 0.0974. The summed E-state index contributed by atoms with van der Waals surface area (Å²) < 4.78 is 31.9. The first kappa shape index (κ1) is 17.5. The summed E-state index contributed by atoms with van der Waals surface area (Å²) in [6.07, 6.45) is 1.77. The van der Waals surface area contributed by atoms with E-state index in [1.54, 1.807) is 12.1 Å². The molecule has 6 heteroatoms. The third kappa shape index (κ3) is 3.13. The van der Waals surface area contributed by atoms with Gasteiger partial charge in [-0.15, -0.1) is 6.58 Å². The van der Waals surface area contributed by atoms with E-state index in [0.717, 1.165) is 22.7 Å². The zero-order valence-corrected chi connectivity index (χ0v) is 14.5. The zero-order valence-electron chi connectivity index (χ0n) is 13.7. The molecule has 0 N–H and O–H groups in total. The van der Waals surface area contributed by atoms with Crippen LogP contribution in [-0.4, -0.2) is 31.0 Å². The Bertz CT molecular complexity index is 677. The van der Waals surface area contributed by atoms with E-state index in [4.69, 9.17) is 4.74 Å². The van der Waals surface area contributed by atoms with E-state index < -0.39 is 28.3 Å². The highest BCUT2D eigenvalue weighted by Gasteiger charge is 2.49. The maximum Gasteiger partial charge on any atom is 0.424 e. The molecule has 2 rings (SSSR count). The van der Waals surface area contributed by atoms with E-state index in [9.17, 15) is 13.2 Å². The van der Waals surface area contributed by atoms with Crippen molar-refractivity contribution in [1.29, 1.82) is 0 Å². The highest BCUT2D eigenvalue weighted by Crippen LogP contribution is 2.33. The molecular formula is C17H23NO4S. The van der Waals surface area contributed by atoms with E-state index in [1.165, 1.54) is 18.2 Å². The van der Waals surface area contributed by atoms with E-state index in [0.29, 0.717) is 0 Å². The monoisotopic (exact) mass is 337 g/mol. The van der Waals surface area contributed by atoms with E-state index in [2.05, 4.69) is 6.58 Å². The van der Waals surface area contributed by atoms with Gasteiger partial charge in [0.05, 0.1) is 4.90 Å². The van der Waals surface area contributed by atoms with Crippen molar-refractivity contribution < 1.29 is 17.9 Å². The Hall–Kier alpha value is -1.82. The van der Waals surface area contributed by atoms with Crippen LogP contribution in [0.25, 0.3) is 0 Å². The number of benzene rings is 1. The van der Waals surface area contributed by atoms with Crippen molar-refractivity contribution >= 4 is 16.1 Å². The summed E-state index contributed by atoms with van der Waals surface area (Å²) in [5.41, 5.74) is 0.947. The number of nitrogens with zero attached hydrogens (tertiary/aromatic N) is 1. The number of amides is 1. The molecule has 23 heavy (non-hydrogen) atoms. The number of hydrogen-bond donors (Lipinski definition) is 0. The number of carbonyl (C=O) groups is 1. The first-order valence-corrected chi connectivity index (χ1v) is 9.25. The van der Waals surface area contributed by atoms with Crippen LogP contribution >= 0.6 is 0 Å². The lowest BCUT2D eigenvalue weighted by atomic mass is 9.92. The molecule has 0 spiro atoms. The molecular weight excluding hydrogens is 314 g/mol. The van der Waals surface area contributed by atoms with Gasteiger partial charge in [-0.1, -0.05) is 37.6 Å². The Morgan fingerprint density at radius 1 is 1.26 bits per heavy atom. The van der Waals surface area contributed by atoms with Crippen LogP contribution in [-0.2, 0) is 14.8 Å². The van der Waals surface area contributed by atoms with E-state index in [-0.39, 0.29) is 10.8 Å². The normalized spacial score (nSPS) is 21.6. The fourth-order valence-electron chi connectivity index (χ4n) is 2.93. The average Bonchev–Trinajstić information content (AvgIpc) is 2.86. The van der Waals surface area contributed by atoms with Crippen LogP contribution in [0.2, 0.25) is 0 Å². The summed E-state index contributed by atoms with van der Waals surface area (Å²) in [6, 6.07) is 5.73. The quantitative estimate of drug-likeness (QED) is 0.745. The molecule has 0 aliphatic carbocycles. The first-order valence-electron chi connectivity index (χ1n) is 7.81. The number of cyclic esters (lactones) is 1. The Balaban J connectivity index is 2.42. The average molecular weight is 337 g/mol. The van der Waals surface area contributed by atoms with Crippen molar-refractivity contribution in [3.63, 3.8) is 0 Å². The highest BCUT2D eigenvalue weighted by molar-refractivity contribution is 7.89. The standard InChI is InChI=1S/C17H23NO4S/c1-5-13(6-2)16-15(7-3)18(17(19)22-16)23(20,21)14-10-8-12(4)9-11-14/h7-11,13,15-16H,3,5-6H2,1-2,4H3/t15-,16-/m1/s1. The zero-order chi connectivity index (χ0) is 17.2. The van der Waals surface area contributed by atoms with E-state index >= 15 is 0 Å². The van der Waals surface area contributed by atoms with Gasteiger partial charge < -0.3 is 4.74 Å². The fourth-order valence-corrected chi connectivity index (χ4v) is 4.41. The molecule has 1 aromatic carbocycles. The number of carbonyl (C=O) groups excluding carboxylic acids is 1. The van der Waals surface area contributed by atoms with Crippen molar-refractivity contribution in [1.82, 2.24) is 4.31 Å². The van der Waals surface area contributed by atoms with Crippen LogP contribution in [0.5, 0.6) is 0 Å². The summed E-state index contributed by atoms with van der Waals surface area (Å²) in [4.78, 5) is 12.3. The lowest BCUT2D eigenvalue weighted by Crippen LogP contribution is -2.41. The number of aryl methyl sites for hydroxylation is 1. The van der Waals surface area contributed by atoms with Gasteiger partial charge in [0.25, 0.3) is 10.0 Å². The topological polar surface area (TPSA) is 63.7 Å². The van der Waals surface area contributed by atoms with Crippen molar-refractivity contribution in [3.8, 4) is 0 Å². The molecule has 1 heterocycles. The van der Waals surface area contributed by atoms with Crippen molar-refractivity contribution in [2.24, 2.45) is 5.92 Å². The molecule has 126 valence electrons. The van der Waals surface area contributed by atoms with Crippen molar-refractivity contribution in [2.45, 2.75) is 50.7 Å². The van der Waals surface area contributed by atoms with Crippen LogP contribution in [0.15, 0.2) is 41.8 Å². The van der Waals surface area contributed by atoms with Gasteiger partial charge in [0.2, 0.25) is 0 Å². The van der Waals surface area contributed by atoms with Crippen molar-refractivity contribution in [2.75, 3.05) is 0 Å². The molecule has 0 unspecified atom stereocenters. The maximum absolute atomic E-state index is 12.8. The molecule has 1 saturated heterocycles. The smallest absolute Gasteiger partial charge is 0.424 e. The summed E-state index contributed by atoms with van der Waals surface area (Å²) >= 11 is 0. The summed E-state index contributed by atoms with van der Waals surface area (Å²) in [5, 5.41) is 0. The number of sulfonamides is 1. The Morgan fingerprint density at radius 2 is 1.83 bits per heavy atom. The van der Waals surface area contributed by atoms with Gasteiger partial charge in [-0.3, -0.25) is 0 Å². The maximum atomic E-state index is 12.8. The lowest BCUT2D eigenvalue weighted by Gasteiger charge is -2.25.